The fourth-order valence-electron chi connectivity index (χ4n) is 1.84. The minimum atomic E-state index is -0.403. The number of fused-ring (bicyclic) bond motifs is 1. The molecule has 2 aromatic heterocycles. The second kappa shape index (κ2) is 4.00. The van der Waals surface area contributed by atoms with Crippen molar-refractivity contribution in [3.8, 4) is 16.9 Å². The van der Waals surface area contributed by atoms with Gasteiger partial charge in [-0.25, -0.2) is 4.79 Å². The Kier molecular flexibility index (Phi) is 2.34. The highest BCUT2D eigenvalue weighted by Gasteiger charge is 2.07. The third kappa shape index (κ3) is 1.73. The van der Waals surface area contributed by atoms with Crippen molar-refractivity contribution >= 4 is 11.0 Å². The summed E-state index contributed by atoms with van der Waals surface area (Å²) in [7, 11) is 0. The van der Waals surface area contributed by atoms with Gasteiger partial charge in [0.05, 0.1) is 5.56 Å². The maximum Gasteiger partial charge on any atom is 0.344 e. The molecule has 1 N–H and O–H groups in total. The van der Waals surface area contributed by atoms with E-state index in [4.69, 9.17) is 4.42 Å². The molecule has 4 nitrogen and oxygen atoms in total. The smallest absolute Gasteiger partial charge is 0.344 e. The van der Waals surface area contributed by atoms with Crippen LogP contribution in [0.1, 0.15) is 0 Å². The molecule has 0 aliphatic carbocycles. The molecule has 0 radical (unpaired) electrons. The maximum absolute atomic E-state index is 11.9. The van der Waals surface area contributed by atoms with Crippen molar-refractivity contribution in [3.05, 3.63) is 59.2 Å². The lowest BCUT2D eigenvalue weighted by Gasteiger charge is -2.02. The van der Waals surface area contributed by atoms with Crippen LogP contribution in [-0.4, -0.2) is 10.1 Å². The molecule has 0 atom stereocenters. The monoisotopic (exact) mass is 239 g/mol. The standard InChI is InChI=1S/C14H9NO3/c16-11-1-2-13-10(7-11)8-12(14(17)18-13)9-3-5-15-6-4-9/h1-8,16H. The predicted molar refractivity (Wildman–Crippen MR) is 67.4 cm³/mol. The van der Waals surface area contributed by atoms with E-state index in [0.29, 0.717) is 16.5 Å². The minimum absolute atomic E-state index is 0.136. The molecule has 4 heteroatoms. The van der Waals surface area contributed by atoms with E-state index in [2.05, 4.69) is 4.98 Å². The van der Waals surface area contributed by atoms with Crippen LogP contribution in [0.5, 0.6) is 5.75 Å². The molecule has 0 aliphatic rings. The van der Waals surface area contributed by atoms with Gasteiger partial charge in [-0.1, -0.05) is 0 Å². The van der Waals surface area contributed by atoms with Crippen LogP contribution in [0.2, 0.25) is 0 Å². The van der Waals surface area contributed by atoms with Gasteiger partial charge >= 0.3 is 5.63 Å². The quantitative estimate of drug-likeness (QED) is 0.663. The first kappa shape index (κ1) is 10.5. The topological polar surface area (TPSA) is 63.3 Å². The fourth-order valence-corrected chi connectivity index (χ4v) is 1.84. The predicted octanol–water partition coefficient (Wildman–Crippen LogP) is 2.56. The number of phenols is 1. The first-order chi connectivity index (χ1) is 8.74. The van der Waals surface area contributed by atoms with Gasteiger partial charge in [0, 0.05) is 17.8 Å². The maximum atomic E-state index is 11.9. The number of phenolic OH excluding ortho intramolecular Hbond substituents is 1. The molecule has 0 aliphatic heterocycles. The first-order valence-corrected chi connectivity index (χ1v) is 5.41. The molecular formula is C14H9NO3. The summed E-state index contributed by atoms with van der Waals surface area (Å²) in [5.74, 6) is 0.136. The van der Waals surface area contributed by atoms with Crippen LogP contribution in [0.15, 0.2) is 58.0 Å². The number of hydrogen-bond donors (Lipinski definition) is 1. The molecule has 88 valence electrons. The van der Waals surface area contributed by atoms with E-state index in [1.807, 2.05) is 0 Å². The third-order valence-electron chi connectivity index (χ3n) is 2.71. The molecule has 3 rings (SSSR count). The van der Waals surface area contributed by atoms with Crippen molar-refractivity contribution in [3.63, 3.8) is 0 Å². The highest BCUT2D eigenvalue weighted by Crippen LogP contribution is 2.23. The molecule has 0 fully saturated rings. The van der Waals surface area contributed by atoms with Crippen LogP contribution in [0.4, 0.5) is 0 Å². The summed E-state index contributed by atoms with van der Waals surface area (Å²) in [6, 6.07) is 9.79. The van der Waals surface area contributed by atoms with E-state index >= 15 is 0 Å². The highest BCUT2D eigenvalue weighted by atomic mass is 16.4. The Morgan fingerprint density at radius 3 is 2.61 bits per heavy atom. The molecule has 0 saturated heterocycles. The van der Waals surface area contributed by atoms with Crippen molar-refractivity contribution in [1.29, 1.82) is 0 Å². The van der Waals surface area contributed by atoms with Crippen LogP contribution in [0.25, 0.3) is 22.1 Å². The lowest BCUT2D eigenvalue weighted by molar-refractivity contribution is 0.475. The van der Waals surface area contributed by atoms with Crippen molar-refractivity contribution in [2.24, 2.45) is 0 Å². The lowest BCUT2D eigenvalue weighted by atomic mass is 10.1. The Morgan fingerprint density at radius 2 is 1.83 bits per heavy atom. The zero-order chi connectivity index (χ0) is 12.5. The Bertz CT molecular complexity index is 763. The summed E-state index contributed by atoms with van der Waals surface area (Å²) in [5, 5.41) is 10.1. The normalized spacial score (nSPS) is 10.7. The number of aromatic nitrogens is 1. The Balaban J connectivity index is 2.31. The molecule has 0 amide bonds. The Hall–Kier alpha value is -2.62. The summed E-state index contributed by atoms with van der Waals surface area (Å²) in [5.41, 5.74) is 1.24. The van der Waals surface area contributed by atoms with Crippen molar-refractivity contribution in [2.75, 3.05) is 0 Å². The van der Waals surface area contributed by atoms with Crippen LogP contribution in [0.3, 0.4) is 0 Å². The molecule has 0 unspecified atom stereocenters. The highest BCUT2D eigenvalue weighted by molar-refractivity contribution is 5.82. The lowest BCUT2D eigenvalue weighted by Crippen LogP contribution is -2.02. The first-order valence-electron chi connectivity index (χ1n) is 5.41. The van der Waals surface area contributed by atoms with Gasteiger partial charge in [-0.05, 0) is 42.0 Å². The van der Waals surface area contributed by atoms with Gasteiger partial charge in [0.25, 0.3) is 0 Å². The Morgan fingerprint density at radius 1 is 1.06 bits per heavy atom. The molecular weight excluding hydrogens is 230 g/mol. The summed E-state index contributed by atoms with van der Waals surface area (Å²) >= 11 is 0. The largest absolute Gasteiger partial charge is 0.508 e. The van der Waals surface area contributed by atoms with E-state index in [0.717, 1.165) is 5.56 Å². The summed E-state index contributed by atoms with van der Waals surface area (Å²) in [6.45, 7) is 0. The van der Waals surface area contributed by atoms with Gasteiger partial charge in [-0.3, -0.25) is 4.98 Å². The molecule has 0 saturated carbocycles. The number of benzene rings is 1. The van der Waals surface area contributed by atoms with Crippen molar-refractivity contribution < 1.29 is 9.52 Å². The summed E-state index contributed by atoms with van der Waals surface area (Å²) in [4.78, 5) is 15.8. The average molecular weight is 239 g/mol. The second-order valence-electron chi connectivity index (χ2n) is 3.91. The SMILES string of the molecule is O=c1oc2ccc(O)cc2cc1-c1ccncc1. The molecule has 0 bridgehead atoms. The van der Waals surface area contributed by atoms with E-state index < -0.39 is 5.63 Å². The van der Waals surface area contributed by atoms with E-state index in [9.17, 15) is 9.90 Å². The van der Waals surface area contributed by atoms with E-state index in [1.165, 1.54) is 6.07 Å². The molecule has 1 aromatic carbocycles. The van der Waals surface area contributed by atoms with Crippen LogP contribution in [-0.2, 0) is 0 Å². The average Bonchev–Trinajstić information content (AvgIpc) is 2.39. The molecule has 2 heterocycles. The second-order valence-corrected chi connectivity index (χ2v) is 3.91. The van der Waals surface area contributed by atoms with E-state index in [1.54, 1.807) is 42.7 Å². The van der Waals surface area contributed by atoms with E-state index in [-0.39, 0.29) is 5.75 Å². The minimum Gasteiger partial charge on any atom is -0.508 e. The molecule has 0 spiro atoms. The van der Waals surface area contributed by atoms with Gasteiger partial charge in [0.2, 0.25) is 0 Å². The number of nitrogens with zero attached hydrogens (tertiary/aromatic N) is 1. The molecule has 18 heavy (non-hydrogen) atoms. The fraction of sp³-hybridized carbons (Fsp3) is 0. The van der Waals surface area contributed by atoms with Gasteiger partial charge in [0.1, 0.15) is 11.3 Å². The summed E-state index contributed by atoms with van der Waals surface area (Å²) < 4.78 is 5.22. The Labute approximate surface area is 102 Å². The van der Waals surface area contributed by atoms with Crippen molar-refractivity contribution in [2.45, 2.75) is 0 Å². The zero-order valence-electron chi connectivity index (χ0n) is 9.33. The van der Waals surface area contributed by atoms with Crippen molar-refractivity contribution in [1.82, 2.24) is 4.98 Å². The van der Waals surface area contributed by atoms with Crippen LogP contribution < -0.4 is 5.63 Å². The molecule has 3 aromatic rings. The third-order valence-corrected chi connectivity index (χ3v) is 2.71. The zero-order valence-corrected chi connectivity index (χ0v) is 9.33. The van der Waals surface area contributed by atoms with Gasteiger partial charge in [-0.15, -0.1) is 0 Å². The summed E-state index contributed by atoms with van der Waals surface area (Å²) in [6.07, 6.45) is 3.23. The van der Waals surface area contributed by atoms with Gasteiger partial charge in [-0.2, -0.15) is 0 Å². The number of hydrogen-bond acceptors (Lipinski definition) is 4. The van der Waals surface area contributed by atoms with Gasteiger partial charge in [0.15, 0.2) is 0 Å². The van der Waals surface area contributed by atoms with Crippen LogP contribution in [0, 0.1) is 0 Å². The number of rotatable bonds is 1. The van der Waals surface area contributed by atoms with Crippen LogP contribution >= 0.6 is 0 Å². The number of aromatic hydroxyl groups is 1. The van der Waals surface area contributed by atoms with Gasteiger partial charge < -0.3 is 9.52 Å². The number of pyridine rings is 1.